The van der Waals surface area contributed by atoms with E-state index in [0.717, 1.165) is 11.1 Å². The Balaban J connectivity index is 2.49. The van der Waals surface area contributed by atoms with Gasteiger partial charge in [-0.1, -0.05) is 29.3 Å². The van der Waals surface area contributed by atoms with E-state index in [1.54, 1.807) is 17.4 Å². The molecule has 0 spiro atoms. The molecule has 0 amide bonds. The molecule has 0 N–H and O–H groups in total. The Kier molecular flexibility index (Phi) is 2.58. The molecule has 0 aliphatic heterocycles. The minimum Gasteiger partial charge on any atom is -0.142 e. The Morgan fingerprint density at radius 1 is 1.08 bits per heavy atom. The van der Waals surface area contributed by atoms with Gasteiger partial charge in [0.25, 0.3) is 0 Å². The molecule has 0 unspecified atom stereocenters. The third kappa shape index (κ3) is 1.88. The van der Waals surface area contributed by atoms with E-state index in [9.17, 15) is 0 Å². The van der Waals surface area contributed by atoms with Crippen LogP contribution in [0.1, 0.15) is 0 Å². The van der Waals surface area contributed by atoms with Crippen LogP contribution in [0.4, 0.5) is 0 Å². The van der Waals surface area contributed by atoms with Crippen molar-refractivity contribution in [3.63, 3.8) is 0 Å². The van der Waals surface area contributed by atoms with Crippen LogP contribution < -0.4 is 0 Å². The maximum absolute atomic E-state index is 5.89. The van der Waals surface area contributed by atoms with Crippen molar-refractivity contribution in [3.8, 4) is 11.1 Å². The van der Waals surface area contributed by atoms with Crippen LogP contribution in [-0.4, -0.2) is 0 Å². The largest absolute Gasteiger partial charge is 0.142 e. The molecule has 0 atom stereocenters. The summed E-state index contributed by atoms with van der Waals surface area (Å²) < 4.78 is 0. The third-order valence-electron chi connectivity index (χ3n) is 1.72. The van der Waals surface area contributed by atoms with Crippen molar-refractivity contribution in [1.82, 2.24) is 0 Å². The SMILES string of the molecule is Clc1ccc(-c2c[c]sc2)cc1Cl. The zero-order chi connectivity index (χ0) is 9.26. The van der Waals surface area contributed by atoms with Crippen molar-refractivity contribution in [3.05, 3.63) is 45.1 Å². The van der Waals surface area contributed by atoms with Crippen LogP contribution >= 0.6 is 34.5 Å². The van der Waals surface area contributed by atoms with E-state index in [1.807, 2.05) is 23.6 Å². The van der Waals surface area contributed by atoms with E-state index >= 15 is 0 Å². The summed E-state index contributed by atoms with van der Waals surface area (Å²) in [5.74, 6) is 0. The number of benzene rings is 1. The molecule has 65 valence electrons. The first-order chi connectivity index (χ1) is 6.27. The third-order valence-corrected chi connectivity index (χ3v) is 3.09. The van der Waals surface area contributed by atoms with Crippen LogP contribution in [0.2, 0.25) is 10.0 Å². The highest BCUT2D eigenvalue weighted by atomic mass is 35.5. The van der Waals surface area contributed by atoms with Crippen molar-refractivity contribution in [2.45, 2.75) is 0 Å². The van der Waals surface area contributed by atoms with E-state index in [4.69, 9.17) is 23.2 Å². The molecule has 1 aromatic carbocycles. The van der Waals surface area contributed by atoms with Gasteiger partial charge in [0.15, 0.2) is 0 Å². The second-order valence-electron chi connectivity index (χ2n) is 2.58. The summed E-state index contributed by atoms with van der Waals surface area (Å²) in [6.07, 6.45) is 0. The van der Waals surface area contributed by atoms with Gasteiger partial charge in [0.05, 0.1) is 10.0 Å². The summed E-state index contributed by atoms with van der Waals surface area (Å²) >= 11 is 13.2. The van der Waals surface area contributed by atoms with Gasteiger partial charge in [0.1, 0.15) is 0 Å². The maximum Gasteiger partial charge on any atom is 0.0598 e. The predicted octanol–water partition coefficient (Wildman–Crippen LogP) is 4.52. The van der Waals surface area contributed by atoms with E-state index in [0.29, 0.717) is 10.0 Å². The fourth-order valence-corrected chi connectivity index (χ4v) is 1.95. The second-order valence-corrected chi connectivity index (χ2v) is 4.10. The molecule has 0 nitrogen and oxygen atoms in total. The fourth-order valence-electron chi connectivity index (χ4n) is 1.06. The van der Waals surface area contributed by atoms with Gasteiger partial charge in [0, 0.05) is 5.38 Å². The first kappa shape index (κ1) is 9.07. The van der Waals surface area contributed by atoms with Crippen molar-refractivity contribution in [2.75, 3.05) is 0 Å². The molecule has 1 aromatic heterocycles. The number of rotatable bonds is 1. The molecule has 0 fully saturated rings. The van der Waals surface area contributed by atoms with Crippen LogP contribution in [0.15, 0.2) is 29.6 Å². The van der Waals surface area contributed by atoms with E-state index in [1.165, 1.54) is 0 Å². The average Bonchev–Trinajstić information content (AvgIpc) is 2.62. The zero-order valence-corrected chi connectivity index (χ0v) is 8.88. The normalized spacial score (nSPS) is 10.3. The summed E-state index contributed by atoms with van der Waals surface area (Å²) in [6.45, 7) is 0. The minimum atomic E-state index is 0.588. The average molecular weight is 228 g/mol. The number of hydrogen-bond donors (Lipinski definition) is 0. The van der Waals surface area contributed by atoms with Crippen LogP contribution in [0.5, 0.6) is 0 Å². The van der Waals surface area contributed by atoms with Gasteiger partial charge in [-0.05, 0) is 34.7 Å². The van der Waals surface area contributed by atoms with Crippen LogP contribution in [0.25, 0.3) is 11.1 Å². The number of thiophene rings is 1. The molecule has 1 heterocycles. The first-order valence-corrected chi connectivity index (χ1v) is 5.31. The molecule has 0 bridgehead atoms. The van der Waals surface area contributed by atoms with E-state index in [2.05, 4.69) is 5.38 Å². The number of halogens is 2. The quantitative estimate of drug-likeness (QED) is 0.673. The predicted molar refractivity (Wildman–Crippen MR) is 58.6 cm³/mol. The van der Waals surface area contributed by atoms with Gasteiger partial charge in [-0.2, -0.15) is 0 Å². The first-order valence-electron chi connectivity index (χ1n) is 3.67. The van der Waals surface area contributed by atoms with Gasteiger partial charge in [-0.25, -0.2) is 0 Å². The van der Waals surface area contributed by atoms with Gasteiger partial charge in [-0.15, -0.1) is 11.3 Å². The summed E-state index contributed by atoms with van der Waals surface area (Å²) in [6, 6.07) is 7.55. The standard InChI is InChI=1S/C10H5Cl2S/c11-9-2-1-7(5-10(9)12)8-3-4-13-6-8/h1-3,5-6H. The second kappa shape index (κ2) is 3.70. The summed E-state index contributed by atoms with van der Waals surface area (Å²) in [5.41, 5.74) is 2.20. The molecular weight excluding hydrogens is 223 g/mol. The van der Waals surface area contributed by atoms with Crippen molar-refractivity contribution in [2.24, 2.45) is 0 Å². The van der Waals surface area contributed by atoms with Crippen molar-refractivity contribution >= 4 is 34.5 Å². The molecule has 13 heavy (non-hydrogen) atoms. The molecule has 0 aliphatic carbocycles. The smallest absolute Gasteiger partial charge is 0.0598 e. The topological polar surface area (TPSA) is 0 Å². The van der Waals surface area contributed by atoms with Crippen LogP contribution in [0, 0.1) is 5.38 Å². The lowest BCUT2D eigenvalue weighted by Crippen LogP contribution is -1.74. The Morgan fingerprint density at radius 3 is 2.54 bits per heavy atom. The van der Waals surface area contributed by atoms with E-state index < -0.39 is 0 Å². The molecule has 0 saturated heterocycles. The molecular formula is C10H5Cl2S. The lowest BCUT2D eigenvalue weighted by Gasteiger charge is -1.99. The molecule has 0 saturated carbocycles. The number of hydrogen-bond acceptors (Lipinski definition) is 1. The summed E-state index contributed by atoms with van der Waals surface area (Å²) in [4.78, 5) is 0. The lowest BCUT2D eigenvalue weighted by atomic mass is 10.1. The Morgan fingerprint density at radius 2 is 1.92 bits per heavy atom. The monoisotopic (exact) mass is 227 g/mol. The summed E-state index contributed by atoms with van der Waals surface area (Å²) in [7, 11) is 0. The van der Waals surface area contributed by atoms with Gasteiger partial charge in [-0.3, -0.25) is 0 Å². The Labute approximate surface area is 90.7 Å². The minimum absolute atomic E-state index is 0.588. The Hall–Kier alpha value is -0.500. The van der Waals surface area contributed by atoms with Gasteiger partial charge in [0.2, 0.25) is 0 Å². The zero-order valence-electron chi connectivity index (χ0n) is 6.55. The van der Waals surface area contributed by atoms with E-state index in [-0.39, 0.29) is 0 Å². The molecule has 2 aromatic rings. The maximum atomic E-state index is 5.89. The summed E-state index contributed by atoms with van der Waals surface area (Å²) in [5, 5.41) is 6.23. The molecule has 2 rings (SSSR count). The highest BCUT2D eigenvalue weighted by Gasteiger charge is 2.01. The van der Waals surface area contributed by atoms with Crippen LogP contribution in [-0.2, 0) is 0 Å². The highest BCUT2D eigenvalue weighted by Crippen LogP contribution is 2.29. The lowest BCUT2D eigenvalue weighted by molar-refractivity contribution is 1.67. The molecule has 0 aliphatic rings. The van der Waals surface area contributed by atoms with Crippen LogP contribution in [0.3, 0.4) is 0 Å². The molecule has 1 radical (unpaired) electrons. The van der Waals surface area contributed by atoms with Gasteiger partial charge < -0.3 is 0 Å². The van der Waals surface area contributed by atoms with Gasteiger partial charge >= 0.3 is 0 Å². The fraction of sp³-hybridized carbons (Fsp3) is 0. The Bertz CT molecular complexity index is 407. The molecule has 3 heteroatoms. The highest BCUT2D eigenvalue weighted by molar-refractivity contribution is 7.07. The van der Waals surface area contributed by atoms with Crippen molar-refractivity contribution < 1.29 is 0 Å². The van der Waals surface area contributed by atoms with Crippen molar-refractivity contribution in [1.29, 1.82) is 0 Å².